The molecule has 0 saturated carbocycles. The number of nitrogens with zero attached hydrogens (tertiary/aromatic N) is 1. The van der Waals surface area contributed by atoms with Crippen molar-refractivity contribution in [3.8, 4) is 0 Å². The monoisotopic (exact) mass is 361 g/mol. The standard InChI is InChI=1S/C16H9BrClNO2/c17-13-4-2-1-3-11(13)9-14-16(20)21-15(19-14)10-5-7-12(18)8-6-10/h1-9H/b14-9-. The van der Waals surface area contributed by atoms with Crippen LogP contribution in [0.2, 0.25) is 5.02 Å². The molecular weight excluding hydrogens is 354 g/mol. The Balaban J connectivity index is 1.96. The molecule has 3 nitrogen and oxygen atoms in total. The van der Waals surface area contributed by atoms with Gasteiger partial charge in [0.2, 0.25) is 5.90 Å². The number of benzene rings is 2. The van der Waals surface area contributed by atoms with Crippen LogP contribution in [0.1, 0.15) is 11.1 Å². The number of cyclic esters (lactones) is 1. The topological polar surface area (TPSA) is 38.7 Å². The summed E-state index contributed by atoms with van der Waals surface area (Å²) < 4.78 is 6.09. The minimum absolute atomic E-state index is 0.270. The molecule has 21 heavy (non-hydrogen) atoms. The fourth-order valence-corrected chi connectivity index (χ4v) is 2.39. The van der Waals surface area contributed by atoms with Crippen LogP contribution in [0.15, 0.2) is 63.7 Å². The molecule has 0 saturated heterocycles. The number of carbonyl (C=O) groups is 1. The largest absolute Gasteiger partial charge is 0.402 e. The molecule has 1 aliphatic heterocycles. The van der Waals surface area contributed by atoms with Crippen LogP contribution in [0, 0.1) is 0 Å². The molecule has 0 atom stereocenters. The molecule has 0 bridgehead atoms. The first kappa shape index (κ1) is 14.0. The zero-order chi connectivity index (χ0) is 14.8. The number of hydrogen-bond donors (Lipinski definition) is 0. The lowest BCUT2D eigenvalue weighted by Gasteiger charge is -1.98. The molecule has 3 rings (SSSR count). The van der Waals surface area contributed by atoms with Gasteiger partial charge in [-0.15, -0.1) is 0 Å². The maximum atomic E-state index is 11.9. The van der Waals surface area contributed by atoms with E-state index in [1.807, 2.05) is 24.3 Å². The molecular formula is C16H9BrClNO2. The Morgan fingerprint density at radius 1 is 1.10 bits per heavy atom. The van der Waals surface area contributed by atoms with Gasteiger partial charge in [-0.25, -0.2) is 9.79 Å². The van der Waals surface area contributed by atoms with Gasteiger partial charge in [0, 0.05) is 15.1 Å². The Bertz CT molecular complexity index is 766. The smallest absolute Gasteiger partial charge is 0.363 e. The fraction of sp³-hybridized carbons (Fsp3) is 0. The zero-order valence-corrected chi connectivity index (χ0v) is 13.1. The van der Waals surface area contributed by atoms with E-state index in [2.05, 4.69) is 20.9 Å². The number of esters is 1. The van der Waals surface area contributed by atoms with Crippen LogP contribution in [-0.2, 0) is 9.53 Å². The van der Waals surface area contributed by atoms with Gasteiger partial charge in [-0.05, 0) is 42.0 Å². The summed E-state index contributed by atoms with van der Waals surface area (Å²) in [6.07, 6.45) is 1.69. The van der Waals surface area contributed by atoms with Gasteiger partial charge in [0.15, 0.2) is 5.70 Å². The molecule has 5 heteroatoms. The van der Waals surface area contributed by atoms with E-state index >= 15 is 0 Å². The molecule has 1 heterocycles. The van der Waals surface area contributed by atoms with Crippen LogP contribution in [0.5, 0.6) is 0 Å². The predicted octanol–water partition coefficient (Wildman–Crippen LogP) is 4.45. The van der Waals surface area contributed by atoms with Crippen molar-refractivity contribution < 1.29 is 9.53 Å². The first-order valence-electron chi connectivity index (χ1n) is 6.16. The van der Waals surface area contributed by atoms with Gasteiger partial charge in [0.05, 0.1) is 0 Å². The van der Waals surface area contributed by atoms with E-state index < -0.39 is 5.97 Å². The Hall–Kier alpha value is -1.91. The maximum absolute atomic E-state index is 11.9. The highest BCUT2D eigenvalue weighted by molar-refractivity contribution is 9.10. The van der Waals surface area contributed by atoms with Gasteiger partial charge in [0.25, 0.3) is 0 Å². The van der Waals surface area contributed by atoms with Crippen LogP contribution in [0.25, 0.3) is 6.08 Å². The minimum atomic E-state index is -0.462. The highest BCUT2D eigenvalue weighted by atomic mass is 79.9. The molecule has 2 aromatic carbocycles. The Kier molecular flexibility index (Phi) is 3.90. The molecule has 0 amide bonds. The summed E-state index contributed by atoms with van der Waals surface area (Å²) in [6.45, 7) is 0. The van der Waals surface area contributed by atoms with Crippen molar-refractivity contribution >= 4 is 45.5 Å². The summed E-state index contributed by atoms with van der Waals surface area (Å²) in [5.74, 6) is -0.175. The first-order chi connectivity index (χ1) is 10.1. The van der Waals surface area contributed by atoms with Gasteiger partial charge in [-0.3, -0.25) is 0 Å². The summed E-state index contributed by atoms with van der Waals surface area (Å²) in [4.78, 5) is 16.1. The van der Waals surface area contributed by atoms with E-state index in [-0.39, 0.29) is 11.6 Å². The predicted molar refractivity (Wildman–Crippen MR) is 86.2 cm³/mol. The van der Waals surface area contributed by atoms with Crippen molar-refractivity contribution in [2.45, 2.75) is 0 Å². The van der Waals surface area contributed by atoms with Gasteiger partial charge in [0.1, 0.15) is 0 Å². The van der Waals surface area contributed by atoms with Crippen molar-refractivity contribution in [2.24, 2.45) is 4.99 Å². The van der Waals surface area contributed by atoms with E-state index in [0.717, 1.165) is 10.0 Å². The Morgan fingerprint density at radius 2 is 1.81 bits per heavy atom. The normalized spacial score (nSPS) is 16.0. The second kappa shape index (κ2) is 5.84. The van der Waals surface area contributed by atoms with Crippen molar-refractivity contribution in [3.05, 3.63) is 74.9 Å². The summed E-state index contributed by atoms with van der Waals surface area (Å²) in [5.41, 5.74) is 1.85. The van der Waals surface area contributed by atoms with E-state index in [1.165, 1.54) is 0 Å². The highest BCUT2D eigenvalue weighted by Gasteiger charge is 2.24. The number of ether oxygens (including phenoxy) is 1. The fourth-order valence-electron chi connectivity index (χ4n) is 1.86. The molecule has 0 N–H and O–H groups in total. The first-order valence-corrected chi connectivity index (χ1v) is 7.33. The van der Waals surface area contributed by atoms with Gasteiger partial charge in [-0.2, -0.15) is 0 Å². The summed E-state index contributed by atoms with van der Waals surface area (Å²) >= 11 is 9.27. The molecule has 0 fully saturated rings. The lowest BCUT2D eigenvalue weighted by Crippen LogP contribution is -2.05. The van der Waals surface area contributed by atoms with Crippen LogP contribution >= 0.6 is 27.5 Å². The quantitative estimate of drug-likeness (QED) is 0.585. The summed E-state index contributed by atoms with van der Waals surface area (Å²) in [6, 6.07) is 14.6. The van der Waals surface area contributed by atoms with Crippen LogP contribution in [0.3, 0.4) is 0 Å². The van der Waals surface area contributed by atoms with E-state index in [0.29, 0.717) is 10.6 Å². The number of carbonyl (C=O) groups excluding carboxylic acids is 1. The summed E-state index contributed by atoms with van der Waals surface area (Å²) in [5, 5.41) is 0.618. The average Bonchev–Trinajstić information content (AvgIpc) is 2.83. The summed E-state index contributed by atoms with van der Waals surface area (Å²) in [7, 11) is 0. The van der Waals surface area contributed by atoms with E-state index in [1.54, 1.807) is 30.3 Å². The average molecular weight is 363 g/mol. The van der Waals surface area contributed by atoms with E-state index in [4.69, 9.17) is 16.3 Å². The van der Waals surface area contributed by atoms with Crippen molar-refractivity contribution in [3.63, 3.8) is 0 Å². The number of hydrogen-bond acceptors (Lipinski definition) is 3. The molecule has 0 spiro atoms. The number of aliphatic imine (C=N–C) groups is 1. The van der Waals surface area contributed by atoms with Crippen molar-refractivity contribution in [1.82, 2.24) is 0 Å². The highest BCUT2D eigenvalue weighted by Crippen LogP contribution is 2.23. The third-order valence-electron chi connectivity index (χ3n) is 2.91. The SMILES string of the molecule is O=C1OC(c2ccc(Cl)cc2)=N/C1=C\c1ccccc1Br. The Labute approximate surface area is 135 Å². The second-order valence-electron chi connectivity index (χ2n) is 4.36. The number of halogens is 2. The van der Waals surface area contributed by atoms with Crippen molar-refractivity contribution in [2.75, 3.05) is 0 Å². The van der Waals surface area contributed by atoms with Gasteiger partial charge >= 0.3 is 5.97 Å². The van der Waals surface area contributed by atoms with Crippen LogP contribution < -0.4 is 0 Å². The third kappa shape index (κ3) is 3.06. The zero-order valence-electron chi connectivity index (χ0n) is 10.7. The molecule has 0 unspecified atom stereocenters. The van der Waals surface area contributed by atoms with Gasteiger partial charge in [-0.1, -0.05) is 45.7 Å². The molecule has 0 aliphatic carbocycles. The number of rotatable bonds is 2. The lowest BCUT2D eigenvalue weighted by atomic mass is 10.2. The molecule has 0 radical (unpaired) electrons. The van der Waals surface area contributed by atoms with Crippen LogP contribution in [-0.4, -0.2) is 11.9 Å². The molecule has 0 aromatic heterocycles. The van der Waals surface area contributed by atoms with E-state index in [9.17, 15) is 4.79 Å². The maximum Gasteiger partial charge on any atom is 0.363 e. The second-order valence-corrected chi connectivity index (χ2v) is 5.66. The molecule has 104 valence electrons. The van der Waals surface area contributed by atoms with Crippen molar-refractivity contribution in [1.29, 1.82) is 0 Å². The molecule has 1 aliphatic rings. The Morgan fingerprint density at radius 3 is 2.52 bits per heavy atom. The van der Waals surface area contributed by atoms with Crippen LogP contribution in [0.4, 0.5) is 0 Å². The van der Waals surface area contributed by atoms with Gasteiger partial charge < -0.3 is 4.74 Å². The lowest BCUT2D eigenvalue weighted by molar-refractivity contribution is -0.129. The third-order valence-corrected chi connectivity index (χ3v) is 3.88. The minimum Gasteiger partial charge on any atom is -0.402 e. The molecule has 2 aromatic rings.